The van der Waals surface area contributed by atoms with Crippen molar-refractivity contribution in [2.24, 2.45) is 0 Å². The van der Waals surface area contributed by atoms with Gasteiger partial charge in [0.2, 0.25) is 0 Å². The molecule has 3 rings (SSSR count). The molecule has 2 atom stereocenters. The molecule has 2 aromatic rings. The van der Waals surface area contributed by atoms with Crippen LogP contribution in [0.25, 0.3) is 0 Å². The molecule has 0 bridgehead atoms. The van der Waals surface area contributed by atoms with E-state index in [-0.39, 0.29) is 5.92 Å². The minimum absolute atomic E-state index is 0.0921. The Morgan fingerprint density at radius 3 is 2.24 bits per heavy atom. The van der Waals surface area contributed by atoms with Crippen LogP contribution >= 0.6 is 0 Å². The summed E-state index contributed by atoms with van der Waals surface area (Å²) in [5.41, 5.74) is 2.70. The summed E-state index contributed by atoms with van der Waals surface area (Å²) in [5, 5.41) is 11.9. The van der Waals surface area contributed by atoms with Gasteiger partial charge in [0.1, 0.15) is 0 Å². The number of nitrogens with zero attached hydrogens (tertiary/aromatic N) is 1. The fourth-order valence-electron chi connectivity index (χ4n) is 4.18. The number of hydrogen-bond acceptors (Lipinski definition) is 2. The molecule has 2 nitrogen and oxygen atoms in total. The van der Waals surface area contributed by atoms with Gasteiger partial charge < -0.3 is 10.0 Å². The van der Waals surface area contributed by atoms with E-state index in [0.717, 1.165) is 38.0 Å². The predicted molar refractivity (Wildman–Crippen MR) is 105 cm³/mol. The highest BCUT2D eigenvalue weighted by Gasteiger charge is 2.39. The molecule has 0 aromatic heterocycles. The lowest BCUT2D eigenvalue weighted by Gasteiger charge is -2.39. The number of rotatable bonds is 7. The van der Waals surface area contributed by atoms with Crippen molar-refractivity contribution in [2.75, 3.05) is 19.6 Å². The molecule has 1 N–H and O–H groups in total. The minimum Gasteiger partial charge on any atom is -0.384 e. The third-order valence-corrected chi connectivity index (χ3v) is 5.60. The summed E-state index contributed by atoms with van der Waals surface area (Å²) in [5.74, 6) is 0.0921. The number of hydrogen-bond donors (Lipinski definition) is 1. The summed E-state index contributed by atoms with van der Waals surface area (Å²) < 4.78 is 0. The molecule has 1 aliphatic heterocycles. The Hall–Kier alpha value is -1.64. The van der Waals surface area contributed by atoms with E-state index in [1.54, 1.807) is 0 Å². The molecule has 1 saturated heterocycles. The Morgan fingerprint density at radius 1 is 1.00 bits per heavy atom. The molecular formula is C23H31NO. The highest BCUT2D eigenvalue weighted by molar-refractivity contribution is 5.33. The van der Waals surface area contributed by atoms with Crippen LogP contribution < -0.4 is 0 Å². The van der Waals surface area contributed by atoms with Crippen LogP contribution in [0.4, 0.5) is 0 Å². The Labute approximate surface area is 152 Å². The molecule has 2 heteroatoms. The lowest BCUT2D eigenvalue weighted by molar-refractivity contribution is -0.0117. The van der Waals surface area contributed by atoms with Gasteiger partial charge in [0.25, 0.3) is 0 Å². The molecule has 1 fully saturated rings. The van der Waals surface area contributed by atoms with E-state index in [0.29, 0.717) is 0 Å². The van der Waals surface area contributed by atoms with Crippen LogP contribution in [-0.4, -0.2) is 29.6 Å². The summed E-state index contributed by atoms with van der Waals surface area (Å²) in [6.45, 7) is 7.49. The fourth-order valence-corrected chi connectivity index (χ4v) is 4.18. The van der Waals surface area contributed by atoms with Crippen LogP contribution in [0.15, 0.2) is 54.6 Å². The molecule has 2 aromatic carbocycles. The topological polar surface area (TPSA) is 23.5 Å². The third kappa shape index (κ3) is 4.13. The highest BCUT2D eigenvalue weighted by Crippen LogP contribution is 2.41. The number of aliphatic hydroxyl groups is 1. The van der Waals surface area contributed by atoms with E-state index in [9.17, 15) is 5.11 Å². The first-order chi connectivity index (χ1) is 12.1. The predicted octanol–water partition coefficient (Wildman–Crippen LogP) is 4.86. The van der Waals surface area contributed by atoms with Gasteiger partial charge in [-0.1, -0.05) is 73.5 Å². The van der Waals surface area contributed by atoms with Gasteiger partial charge in [-0.3, -0.25) is 0 Å². The highest BCUT2D eigenvalue weighted by atomic mass is 16.3. The zero-order valence-electron chi connectivity index (χ0n) is 15.6. The molecule has 0 amide bonds. The maximum atomic E-state index is 11.9. The zero-order chi connectivity index (χ0) is 17.7. The van der Waals surface area contributed by atoms with Crippen molar-refractivity contribution < 1.29 is 5.11 Å². The maximum absolute atomic E-state index is 11.9. The van der Waals surface area contributed by atoms with Gasteiger partial charge in [-0.2, -0.15) is 0 Å². The Bertz CT molecular complexity index is 646. The normalized spacial score (nSPS) is 18.8. The second-order valence-corrected chi connectivity index (χ2v) is 7.51. The standard InChI is InChI=1S/C23H31NO/c1-3-15-23(25,21-13-11-19(2)12-14-21)22(18-24-16-7-8-17-24)20-9-5-4-6-10-20/h4-6,9-14,22,25H,3,7-8,15-18H2,1-2H3. The van der Waals surface area contributed by atoms with E-state index in [1.165, 1.54) is 24.0 Å². The largest absolute Gasteiger partial charge is 0.384 e. The maximum Gasteiger partial charge on any atom is 0.0976 e. The van der Waals surface area contributed by atoms with Gasteiger partial charge >= 0.3 is 0 Å². The van der Waals surface area contributed by atoms with Crippen molar-refractivity contribution >= 4 is 0 Å². The molecule has 0 radical (unpaired) electrons. The van der Waals surface area contributed by atoms with Gasteiger partial charge in [0.05, 0.1) is 5.60 Å². The van der Waals surface area contributed by atoms with Crippen molar-refractivity contribution in [2.45, 2.75) is 51.0 Å². The lowest BCUT2D eigenvalue weighted by Crippen LogP contribution is -2.40. The summed E-state index contributed by atoms with van der Waals surface area (Å²) in [4.78, 5) is 2.52. The number of benzene rings is 2. The first kappa shape index (κ1) is 18.2. The van der Waals surface area contributed by atoms with Crippen LogP contribution in [0.5, 0.6) is 0 Å². The number of likely N-dealkylation sites (tertiary alicyclic amines) is 1. The van der Waals surface area contributed by atoms with Crippen LogP contribution in [0.2, 0.25) is 0 Å². The van der Waals surface area contributed by atoms with Crippen molar-refractivity contribution in [1.82, 2.24) is 4.90 Å². The van der Waals surface area contributed by atoms with Crippen LogP contribution in [0, 0.1) is 6.92 Å². The Kier molecular flexibility index (Phi) is 5.93. The summed E-state index contributed by atoms with van der Waals surface area (Å²) >= 11 is 0. The molecule has 2 unspecified atom stereocenters. The van der Waals surface area contributed by atoms with Gasteiger partial charge in [-0.25, -0.2) is 0 Å². The molecule has 1 heterocycles. The smallest absolute Gasteiger partial charge is 0.0976 e. The van der Waals surface area contributed by atoms with Gasteiger partial charge in [0.15, 0.2) is 0 Å². The van der Waals surface area contributed by atoms with Crippen molar-refractivity contribution in [3.8, 4) is 0 Å². The van der Waals surface area contributed by atoms with E-state index in [2.05, 4.69) is 73.3 Å². The fraction of sp³-hybridized carbons (Fsp3) is 0.478. The molecule has 134 valence electrons. The van der Waals surface area contributed by atoms with E-state index >= 15 is 0 Å². The first-order valence-corrected chi connectivity index (χ1v) is 9.70. The average Bonchev–Trinajstić information content (AvgIpc) is 3.14. The van der Waals surface area contributed by atoms with Crippen LogP contribution in [0.1, 0.15) is 55.2 Å². The zero-order valence-corrected chi connectivity index (χ0v) is 15.6. The van der Waals surface area contributed by atoms with E-state index in [1.807, 2.05) is 0 Å². The summed E-state index contributed by atoms with van der Waals surface area (Å²) in [7, 11) is 0. The van der Waals surface area contributed by atoms with E-state index < -0.39 is 5.60 Å². The van der Waals surface area contributed by atoms with Gasteiger partial charge in [-0.15, -0.1) is 0 Å². The molecule has 1 aliphatic rings. The van der Waals surface area contributed by atoms with Gasteiger partial charge in [0, 0.05) is 12.5 Å². The summed E-state index contributed by atoms with van der Waals surface area (Å²) in [6, 6.07) is 19.1. The average molecular weight is 338 g/mol. The van der Waals surface area contributed by atoms with Crippen molar-refractivity contribution in [1.29, 1.82) is 0 Å². The Balaban J connectivity index is 2.00. The first-order valence-electron chi connectivity index (χ1n) is 9.70. The molecule has 25 heavy (non-hydrogen) atoms. The van der Waals surface area contributed by atoms with Gasteiger partial charge in [-0.05, 0) is 50.4 Å². The molecule has 0 aliphatic carbocycles. The van der Waals surface area contributed by atoms with Crippen molar-refractivity contribution in [3.63, 3.8) is 0 Å². The molecule has 0 saturated carbocycles. The van der Waals surface area contributed by atoms with Crippen LogP contribution in [0.3, 0.4) is 0 Å². The van der Waals surface area contributed by atoms with Crippen molar-refractivity contribution in [3.05, 3.63) is 71.3 Å². The second kappa shape index (κ2) is 8.16. The van der Waals surface area contributed by atoms with Crippen LogP contribution in [-0.2, 0) is 5.60 Å². The quantitative estimate of drug-likeness (QED) is 0.780. The summed E-state index contributed by atoms with van der Waals surface area (Å²) in [6.07, 6.45) is 4.30. The lowest BCUT2D eigenvalue weighted by atomic mass is 9.74. The second-order valence-electron chi connectivity index (χ2n) is 7.51. The minimum atomic E-state index is -0.827. The Morgan fingerprint density at radius 2 is 1.64 bits per heavy atom. The SMILES string of the molecule is CCCC(O)(c1ccc(C)cc1)C(CN1CCCC1)c1ccccc1. The molecular weight excluding hydrogens is 306 g/mol. The molecule has 0 spiro atoms. The monoisotopic (exact) mass is 337 g/mol. The number of aryl methyl sites for hydroxylation is 1. The van der Waals surface area contributed by atoms with E-state index in [4.69, 9.17) is 0 Å². The third-order valence-electron chi connectivity index (χ3n) is 5.60.